The largest absolute Gasteiger partial charge is 0.452 e. The number of hydrogen-bond donors (Lipinski definition) is 1. The molecule has 0 aliphatic carbocycles. The number of hydrogen-bond acceptors (Lipinski definition) is 4. The number of carbonyl (C=O) groups is 2. The van der Waals surface area contributed by atoms with Crippen molar-refractivity contribution in [3.63, 3.8) is 0 Å². The van der Waals surface area contributed by atoms with Crippen LogP contribution in [0.25, 0.3) is 11.8 Å². The normalized spacial score (nSPS) is 10.9. The first-order chi connectivity index (χ1) is 13.9. The molecular formula is C22H20FN3O3. The molecule has 0 saturated heterocycles. The number of aromatic nitrogens is 2. The van der Waals surface area contributed by atoms with E-state index in [1.54, 1.807) is 17.7 Å². The second-order valence-corrected chi connectivity index (χ2v) is 6.34. The number of amides is 1. The first-order valence-corrected chi connectivity index (χ1v) is 8.96. The van der Waals surface area contributed by atoms with Crippen LogP contribution in [-0.2, 0) is 14.3 Å². The molecule has 1 N–H and O–H groups in total. The molecule has 0 bridgehead atoms. The Hall–Kier alpha value is -3.74. The van der Waals surface area contributed by atoms with E-state index in [0.717, 1.165) is 17.5 Å². The minimum absolute atomic E-state index is 0.401. The second-order valence-electron chi connectivity index (χ2n) is 6.34. The van der Waals surface area contributed by atoms with Gasteiger partial charge in [-0.15, -0.1) is 0 Å². The van der Waals surface area contributed by atoms with Gasteiger partial charge in [0.2, 0.25) is 0 Å². The Kier molecular flexibility index (Phi) is 6.19. The van der Waals surface area contributed by atoms with E-state index < -0.39 is 24.3 Å². The number of para-hydroxylation sites is 1. The van der Waals surface area contributed by atoms with Gasteiger partial charge < -0.3 is 10.1 Å². The van der Waals surface area contributed by atoms with E-state index in [0.29, 0.717) is 16.9 Å². The maximum Gasteiger partial charge on any atom is 0.331 e. The molecule has 0 aliphatic rings. The molecule has 6 nitrogen and oxygen atoms in total. The van der Waals surface area contributed by atoms with Crippen LogP contribution in [-0.4, -0.2) is 28.3 Å². The monoisotopic (exact) mass is 393 g/mol. The van der Waals surface area contributed by atoms with Gasteiger partial charge in [-0.05, 0) is 49.8 Å². The molecule has 0 unspecified atom stereocenters. The van der Waals surface area contributed by atoms with Gasteiger partial charge in [0, 0.05) is 6.08 Å². The predicted molar refractivity (Wildman–Crippen MR) is 108 cm³/mol. The van der Waals surface area contributed by atoms with E-state index in [1.807, 2.05) is 37.3 Å². The number of halogens is 1. The fourth-order valence-corrected chi connectivity index (χ4v) is 2.78. The average Bonchev–Trinajstić information content (AvgIpc) is 2.99. The van der Waals surface area contributed by atoms with Crippen molar-refractivity contribution in [3.8, 4) is 5.69 Å². The summed E-state index contributed by atoms with van der Waals surface area (Å²) in [4.78, 5) is 24.0. The Labute approximate surface area is 167 Å². The highest BCUT2D eigenvalue weighted by Gasteiger charge is 2.15. The number of rotatable bonds is 6. The highest BCUT2D eigenvalue weighted by molar-refractivity contribution is 5.95. The Morgan fingerprint density at radius 3 is 2.62 bits per heavy atom. The van der Waals surface area contributed by atoms with E-state index in [4.69, 9.17) is 4.74 Å². The van der Waals surface area contributed by atoms with Crippen LogP contribution in [0.2, 0.25) is 0 Å². The van der Waals surface area contributed by atoms with Crippen molar-refractivity contribution in [1.82, 2.24) is 9.78 Å². The second kappa shape index (κ2) is 8.97. The molecule has 0 aliphatic heterocycles. The number of anilines is 1. The molecule has 1 amide bonds. The van der Waals surface area contributed by atoms with Gasteiger partial charge in [-0.1, -0.05) is 30.3 Å². The van der Waals surface area contributed by atoms with Crippen molar-refractivity contribution in [3.05, 3.63) is 83.4 Å². The van der Waals surface area contributed by atoms with E-state index in [9.17, 15) is 14.0 Å². The Morgan fingerprint density at radius 2 is 1.90 bits per heavy atom. The van der Waals surface area contributed by atoms with Crippen LogP contribution in [0, 0.1) is 19.7 Å². The highest BCUT2D eigenvalue weighted by atomic mass is 19.1. The third-order valence-corrected chi connectivity index (χ3v) is 4.16. The van der Waals surface area contributed by atoms with E-state index in [-0.39, 0.29) is 0 Å². The summed E-state index contributed by atoms with van der Waals surface area (Å²) in [6, 6.07) is 15.3. The Morgan fingerprint density at radius 1 is 1.14 bits per heavy atom. The molecular weight excluding hydrogens is 373 g/mol. The molecule has 3 rings (SSSR count). The number of benzene rings is 2. The van der Waals surface area contributed by atoms with Crippen LogP contribution in [0.5, 0.6) is 0 Å². The molecule has 0 saturated carbocycles. The van der Waals surface area contributed by atoms with E-state index in [2.05, 4.69) is 10.4 Å². The van der Waals surface area contributed by atoms with Gasteiger partial charge in [-0.2, -0.15) is 5.10 Å². The zero-order chi connectivity index (χ0) is 20.8. The van der Waals surface area contributed by atoms with Crippen LogP contribution >= 0.6 is 0 Å². The molecule has 7 heteroatoms. The summed E-state index contributed by atoms with van der Waals surface area (Å²) in [6.45, 7) is 3.19. The van der Waals surface area contributed by atoms with Crippen LogP contribution in [0.15, 0.2) is 60.7 Å². The number of esters is 1. The van der Waals surface area contributed by atoms with Gasteiger partial charge in [-0.3, -0.25) is 4.79 Å². The van der Waals surface area contributed by atoms with Crippen molar-refractivity contribution in [2.24, 2.45) is 0 Å². The maximum absolute atomic E-state index is 13.1. The summed E-state index contributed by atoms with van der Waals surface area (Å²) in [5, 5.41) is 7.18. The maximum atomic E-state index is 13.1. The average molecular weight is 393 g/mol. The molecule has 0 fully saturated rings. The third kappa shape index (κ3) is 5.16. The third-order valence-electron chi connectivity index (χ3n) is 4.16. The molecule has 0 radical (unpaired) electrons. The van der Waals surface area contributed by atoms with Gasteiger partial charge in [-0.25, -0.2) is 13.9 Å². The van der Waals surface area contributed by atoms with Crippen molar-refractivity contribution >= 4 is 23.6 Å². The van der Waals surface area contributed by atoms with Crippen LogP contribution in [0.1, 0.15) is 17.0 Å². The standard InChI is InChI=1S/C22H20FN3O3/c1-15-22(16(2)26(25-15)19-9-4-3-5-10-19)24-20(27)14-29-21(28)12-11-17-7-6-8-18(23)13-17/h3-13H,14H2,1-2H3,(H,24,27)/b12-11+. The lowest BCUT2D eigenvalue weighted by Crippen LogP contribution is -2.20. The molecule has 2 aromatic carbocycles. The fraction of sp³-hybridized carbons (Fsp3) is 0.136. The van der Waals surface area contributed by atoms with Crippen molar-refractivity contribution < 1.29 is 18.7 Å². The van der Waals surface area contributed by atoms with Gasteiger partial charge in [0.25, 0.3) is 5.91 Å². The van der Waals surface area contributed by atoms with Gasteiger partial charge >= 0.3 is 5.97 Å². The summed E-state index contributed by atoms with van der Waals surface area (Å²) in [5.74, 6) is -1.57. The van der Waals surface area contributed by atoms with Crippen molar-refractivity contribution in [2.45, 2.75) is 13.8 Å². The van der Waals surface area contributed by atoms with Gasteiger partial charge in [0.1, 0.15) is 5.82 Å². The lowest BCUT2D eigenvalue weighted by molar-refractivity contribution is -0.142. The summed E-state index contributed by atoms with van der Waals surface area (Å²) in [6.07, 6.45) is 2.56. The molecule has 0 spiro atoms. The SMILES string of the molecule is Cc1nn(-c2ccccc2)c(C)c1NC(=O)COC(=O)/C=C/c1cccc(F)c1. The lowest BCUT2D eigenvalue weighted by Gasteiger charge is -2.07. The Balaban J connectivity index is 1.58. The first-order valence-electron chi connectivity index (χ1n) is 8.96. The fourth-order valence-electron chi connectivity index (χ4n) is 2.78. The van der Waals surface area contributed by atoms with E-state index in [1.165, 1.54) is 24.3 Å². The number of carbonyl (C=O) groups excluding carboxylic acids is 2. The number of nitrogens with one attached hydrogen (secondary N) is 1. The number of aryl methyl sites for hydroxylation is 1. The topological polar surface area (TPSA) is 73.2 Å². The van der Waals surface area contributed by atoms with Crippen LogP contribution < -0.4 is 5.32 Å². The zero-order valence-corrected chi connectivity index (χ0v) is 16.1. The summed E-state index contributed by atoms with van der Waals surface area (Å²) in [5.41, 5.74) is 3.38. The first kappa shape index (κ1) is 20.0. The summed E-state index contributed by atoms with van der Waals surface area (Å²) < 4.78 is 19.8. The number of nitrogens with zero attached hydrogens (tertiary/aromatic N) is 2. The summed E-state index contributed by atoms with van der Waals surface area (Å²) in [7, 11) is 0. The van der Waals surface area contributed by atoms with Gasteiger partial charge in [0.05, 0.1) is 22.8 Å². The minimum atomic E-state index is -0.696. The Bertz CT molecular complexity index is 1060. The van der Waals surface area contributed by atoms with Crippen molar-refractivity contribution in [1.29, 1.82) is 0 Å². The number of ether oxygens (including phenoxy) is 1. The smallest absolute Gasteiger partial charge is 0.331 e. The molecule has 1 heterocycles. The summed E-state index contributed by atoms with van der Waals surface area (Å²) >= 11 is 0. The highest BCUT2D eigenvalue weighted by Crippen LogP contribution is 2.22. The lowest BCUT2D eigenvalue weighted by atomic mass is 10.2. The molecule has 3 aromatic rings. The molecule has 1 aromatic heterocycles. The molecule has 148 valence electrons. The molecule has 29 heavy (non-hydrogen) atoms. The van der Waals surface area contributed by atoms with E-state index >= 15 is 0 Å². The minimum Gasteiger partial charge on any atom is -0.452 e. The van der Waals surface area contributed by atoms with Crippen LogP contribution in [0.3, 0.4) is 0 Å². The quantitative estimate of drug-likeness (QED) is 0.510. The van der Waals surface area contributed by atoms with Crippen molar-refractivity contribution in [2.75, 3.05) is 11.9 Å². The van der Waals surface area contributed by atoms with Gasteiger partial charge in [0.15, 0.2) is 6.61 Å². The predicted octanol–water partition coefficient (Wildman–Crippen LogP) is 3.82. The molecule has 0 atom stereocenters. The van der Waals surface area contributed by atoms with Crippen LogP contribution in [0.4, 0.5) is 10.1 Å². The zero-order valence-electron chi connectivity index (χ0n) is 16.1.